The van der Waals surface area contributed by atoms with Gasteiger partial charge in [0, 0.05) is 5.33 Å². The molecular weight excluding hydrogens is 233 g/mol. The number of halogens is 2. The summed E-state index contributed by atoms with van der Waals surface area (Å²) < 4.78 is 12.8. The zero-order valence-corrected chi connectivity index (χ0v) is 8.38. The van der Waals surface area contributed by atoms with Crippen molar-refractivity contribution in [1.82, 2.24) is 0 Å². The molecule has 0 spiro atoms. The van der Waals surface area contributed by atoms with Gasteiger partial charge in [0.2, 0.25) is 0 Å². The van der Waals surface area contributed by atoms with Crippen LogP contribution < -0.4 is 0 Å². The predicted molar refractivity (Wildman–Crippen MR) is 53.9 cm³/mol. The molecule has 3 heteroatoms. The molecule has 0 bridgehead atoms. The molecule has 0 aliphatic heterocycles. The van der Waals surface area contributed by atoms with E-state index in [0.29, 0.717) is 16.5 Å². The van der Waals surface area contributed by atoms with Gasteiger partial charge < -0.3 is 0 Å². The minimum Gasteiger partial charge on any atom is -0.207 e. The van der Waals surface area contributed by atoms with Gasteiger partial charge in [-0.3, -0.25) is 0 Å². The molecule has 1 nitrogen and oxygen atoms in total. The van der Waals surface area contributed by atoms with E-state index in [1.54, 1.807) is 12.1 Å². The van der Waals surface area contributed by atoms with E-state index in [1.165, 1.54) is 12.1 Å². The van der Waals surface area contributed by atoms with Crippen molar-refractivity contribution in [1.29, 1.82) is 5.26 Å². The Morgan fingerprint density at radius 2 is 2.23 bits per heavy atom. The number of nitriles is 1. The van der Waals surface area contributed by atoms with Crippen LogP contribution in [0.5, 0.6) is 0 Å². The van der Waals surface area contributed by atoms with Crippen molar-refractivity contribution in [3.8, 4) is 6.07 Å². The van der Waals surface area contributed by atoms with E-state index in [-0.39, 0.29) is 5.82 Å². The first-order valence-corrected chi connectivity index (χ1v) is 4.81. The minimum absolute atomic E-state index is 0.342. The van der Waals surface area contributed by atoms with Crippen LogP contribution in [0.1, 0.15) is 11.1 Å². The summed E-state index contributed by atoms with van der Waals surface area (Å²) in [5.41, 5.74) is 1.05. The zero-order valence-electron chi connectivity index (χ0n) is 6.80. The van der Waals surface area contributed by atoms with Crippen LogP contribution in [-0.4, -0.2) is 5.33 Å². The number of nitrogens with zero attached hydrogens (tertiary/aromatic N) is 1. The topological polar surface area (TPSA) is 23.8 Å². The van der Waals surface area contributed by atoms with E-state index < -0.39 is 0 Å². The summed E-state index contributed by atoms with van der Waals surface area (Å²) in [7, 11) is 0. The molecule has 0 amide bonds. The summed E-state index contributed by atoms with van der Waals surface area (Å²) in [6, 6.07) is 6.14. The summed E-state index contributed by atoms with van der Waals surface area (Å²) in [5.74, 6) is -0.381. The van der Waals surface area contributed by atoms with Crippen LogP contribution in [0.25, 0.3) is 6.08 Å². The summed E-state index contributed by atoms with van der Waals surface area (Å²) in [4.78, 5) is 0. The Balaban J connectivity index is 3.03. The molecule has 0 aliphatic rings. The van der Waals surface area contributed by atoms with Crippen LogP contribution in [0, 0.1) is 17.1 Å². The van der Waals surface area contributed by atoms with E-state index in [9.17, 15) is 4.39 Å². The van der Waals surface area contributed by atoms with Gasteiger partial charge >= 0.3 is 0 Å². The summed E-state index contributed by atoms with van der Waals surface area (Å²) in [6.45, 7) is 0. The molecule has 0 atom stereocenters. The molecule has 0 fully saturated rings. The lowest BCUT2D eigenvalue weighted by molar-refractivity contribution is 0.627. The highest BCUT2D eigenvalue weighted by atomic mass is 79.9. The first-order chi connectivity index (χ1) is 6.26. The third-order valence-corrected chi connectivity index (χ3v) is 1.82. The van der Waals surface area contributed by atoms with Gasteiger partial charge in [0.1, 0.15) is 5.82 Å². The lowest BCUT2D eigenvalue weighted by Crippen LogP contribution is -1.81. The van der Waals surface area contributed by atoms with Gasteiger partial charge in [-0.2, -0.15) is 5.26 Å². The van der Waals surface area contributed by atoms with Gasteiger partial charge in [0.05, 0.1) is 11.6 Å². The number of hydrogen-bond acceptors (Lipinski definition) is 1. The molecule has 1 rings (SSSR count). The number of hydrogen-bond donors (Lipinski definition) is 0. The van der Waals surface area contributed by atoms with Crippen LogP contribution in [0.4, 0.5) is 4.39 Å². The Kier molecular flexibility index (Phi) is 3.66. The van der Waals surface area contributed by atoms with Crippen molar-refractivity contribution >= 4 is 22.0 Å². The largest absolute Gasteiger partial charge is 0.207 e. The normalized spacial score (nSPS) is 10.2. The summed E-state index contributed by atoms with van der Waals surface area (Å²) in [5, 5.41) is 9.28. The van der Waals surface area contributed by atoms with Gasteiger partial charge in [-0.25, -0.2) is 4.39 Å². The average molecular weight is 240 g/mol. The average Bonchev–Trinajstić information content (AvgIpc) is 2.14. The number of benzene rings is 1. The van der Waals surface area contributed by atoms with Gasteiger partial charge in [0.25, 0.3) is 0 Å². The van der Waals surface area contributed by atoms with E-state index >= 15 is 0 Å². The third-order valence-electron chi connectivity index (χ3n) is 1.45. The molecule has 1 aromatic rings. The Morgan fingerprint density at radius 1 is 1.46 bits per heavy atom. The van der Waals surface area contributed by atoms with Crippen LogP contribution in [-0.2, 0) is 0 Å². The monoisotopic (exact) mass is 239 g/mol. The van der Waals surface area contributed by atoms with E-state index in [0.717, 1.165) is 0 Å². The van der Waals surface area contributed by atoms with Gasteiger partial charge in [-0.05, 0) is 23.8 Å². The first-order valence-electron chi connectivity index (χ1n) is 3.69. The highest BCUT2D eigenvalue weighted by molar-refractivity contribution is 9.09. The van der Waals surface area contributed by atoms with Gasteiger partial charge in [-0.1, -0.05) is 28.1 Å². The van der Waals surface area contributed by atoms with Crippen molar-refractivity contribution < 1.29 is 4.39 Å². The molecule has 1 aromatic carbocycles. The number of allylic oxidation sites excluding steroid dienone is 1. The lowest BCUT2D eigenvalue weighted by Gasteiger charge is -1.94. The minimum atomic E-state index is -0.381. The highest BCUT2D eigenvalue weighted by Gasteiger charge is 1.96. The maximum absolute atomic E-state index is 12.8. The Labute approximate surface area is 84.6 Å². The molecule has 0 aliphatic carbocycles. The number of rotatable bonds is 2. The quantitative estimate of drug-likeness (QED) is 0.728. The molecule has 0 unspecified atom stereocenters. The molecule has 0 aromatic heterocycles. The summed E-state index contributed by atoms with van der Waals surface area (Å²) in [6.07, 6.45) is 3.61. The second kappa shape index (κ2) is 4.78. The van der Waals surface area contributed by atoms with Gasteiger partial charge in [0.15, 0.2) is 0 Å². The standard InChI is InChI=1S/C10H7BrFN/c11-3-1-2-8-4-9(7-13)6-10(12)5-8/h1-2,4-6H,3H2. The van der Waals surface area contributed by atoms with Crippen molar-refractivity contribution in [2.45, 2.75) is 0 Å². The van der Waals surface area contributed by atoms with Gasteiger partial charge in [-0.15, -0.1) is 0 Å². The Hall–Kier alpha value is -1.14. The Bertz CT molecular complexity index is 366. The van der Waals surface area contributed by atoms with Crippen molar-refractivity contribution in [3.05, 3.63) is 41.2 Å². The maximum atomic E-state index is 12.8. The molecule has 0 saturated heterocycles. The van der Waals surface area contributed by atoms with Crippen molar-refractivity contribution in [2.24, 2.45) is 0 Å². The van der Waals surface area contributed by atoms with Crippen LogP contribution in [0.15, 0.2) is 24.3 Å². The molecule has 0 radical (unpaired) electrons. The second-order valence-electron chi connectivity index (χ2n) is 2.44. The molecule has 0 N–H and O–H groups in total. The van der Waals surface area contributed by atoms with E-state index in [1.807, 2.05) is 12.1 Å². The van der Waals surface area contributed by atoms with Crippen LogP contribution in [0.3, 0.4) is 0 Å². The fourth-order valence-electron chi connectivity index (χ4n) is 0.954. The van der Waals surface area contributed by atoms with Crippen LogP contribution >= 0.6 is 15.9 Å². The smallest absolute Gasteiger partial charge is 0.125 e. The third kappa shape index (κ3) is 3.00. The maximum Gasteiger partial charge on any atom is 0.125 e. The molecular formula is C10H7BrFN. The van der Waals surface area contributed by atoms with Crippen molar-refractivity contribution in [2.75, 3.05) is 5.33 Å². The van der Waals surface area contributed by atoms with E-state index in [2.05, 4.69) is 15.9 Å². The molecule has 0 saturated carbocycles. The molecule has 13 heavy (non-hydrogen) atoms. The SMILES string of the molecule is N#Cc1cc(F)cc(C=CCBr)c1. The highest BCUT2D eigenvalue weighted by Crippen LogP contribution is 2.10. The second-order valence-corrected chi connectivity index (χ2v) is 3.09. The predicted octanol–water partition coefficient (Wildman–Crippen LogP) is 3.11. The van der Waals surface area contributed by atoms with Crippen molar-refractivity contribution in [3.63, 3.8) is 0 Å². The van der Waals surface area contributed by atoms with Crippen LogP contribution in [0.2, 0.25) is 0 Å². The lowest BCUT2D eigenvalue weighted by atomic mass is 10.1. The molecule has 66 valence electrons. The fourth-order valence-corrected chi connectivity index (χ4v) is 1.14. The first kappa shape index (κ1) is 9.94. The zero-order chi connectivity index (χ0) is 9.68. The fraction of sp³-hybridized carbons (Fsp3) is 0.100. The molecule has 0 heterocycles. The number of alkyl halides is 1. The summed E-state index contributed by atoms with van der Waals surface area (Å²) >= 11 is 3.22. The van der Waals surface area contributed by atoms with E-state index in [4.69, 9.17) is 5.26 Å². The Morgan fingerprint density at radius 3 is 2.85 bits per heavy atom.